The maximum Gasteiger partial charge on any atom is 0.0640 e. The van der Waals surface area contributed by atoms with Gasteiger partial charge in [0.1, 0.15) is 0 Å². The third-order valence-electron chi connectivity index (χ3n) is 12.5. The van der Waals surface area contributed by atoms with Crippen LogP contribution in [0.2, 0.25) is 0 Å². The van der Waals surface area contributed by atoms with Crippen molar-refractivity contribution in [1.29, 1.82) is 0 Å². The van der Waals surface area contributed by atoms with E-state index < -0.39 is 0 Å². The summed E-state index contributed by atoms with van der Waals surface area (Å²) in [6, 6.07) is 88.3. The Labute approximate surface area is 370 Å². The van der Waals surface area contributed by atoms with Crippen LogP contribution in [0.25, 0.3) is 92.2 Å². The smallest absolute Gasteiger partial charge is 0.0640 e. The predicted octanol–water partition coefficient (Wildman–Crippen LogP) is 17.3. The van der Waals surface area contributed by atoms with Crippen LogP contribution in [0.1, 0.15) is 0 Å². The van der Waals surface area contributed by atoms with E-state index in [4.69, 9.17) is 0 Å². The second-order valence-corrected chi connectivity index (χ2v) is 17.1. The highest BCUT2D eigenvalue weighted by Crippen LogP contribution is 2.49. The normalized spacial score (nSPS) is 11.5. The van der Waals surface area contributed by atoms with Gasteiger partial charge in [-0.05, 0) is 93.5 Å². The lowest BCUT2D eigenvalue weighted by Crippen LogP contribution is -2.11. The number of para-hydroxylation sites is 3. The molecule has 2 nitrogen and oxygen atoms in total. The quantitative estimate of drug-likeness (QED) is 0.148. The summed E-state index contributed by atoms with van der Waals surface area (Å²) in [5.74, 6) is 0. The maximum atomic E-state index is 2.47. The molecule has 0 bridgehead atoms. The first-order valence-electron chi connectivity index (χ1n) is 21.5. The Bertz CT molecular complexity index is 3560. The molecule has 0 saturated heterocycles. The van der Waals surface area contributed by atoms with Crippen LogP contribution in [0.5, 0.6) is 0 Å². The summed E-state index contributed by atoms with van der Waals surface area (Å²) in [4.78, 5) is 2.47. The zero-order valence-electron chi connectivity index (χ0n) is 34.4. The van der Waals surface area contributed by atoms with Crippen LogP contribution in [0.4, 0.5) is 17.1 Å². The molecule has 0 N–H and O–H groups in total. The zero-order valence-corrected chi connectivity index (χ0v) is 35.2. The Kier molecular flexibility index (Phi) is 9.06. The summed E-state index contributed by atoms with van der Waals surface area (Å²) < 4.78 is 4.93. The Morgan fingerprint density at radius 2 is 0.778 bits per heavy atom. The first kappa shape index (κ1) is 36.8. The van der Waals surface area contributed by atoms with Crippen LogP contribution in [0.3, 0.4) is 0 Å². The van der Waals surface area contributed by atoms with E-state index in [2.05, 4.69) is 252 Å². The monoisotopic (exact) mass is 820 g/mol. The van der Waals surface area contributed by atoms with Gasteiger partial charge in [-0.2, -0.15) is 0 Å². The van der Waals surface area contributed by atoms with E-state index >= 15 is 0 Å². The summed E-state index contributed by atoms with van der Waals surface area (Å²) in [6.45, 7) is 0. The van der Waals surface area contributed by atoms with E-state index in [1.54, 1.807) is 0 Å². The van der Waals surface area contributed by atoms with E-state index in [9.17, 15) is 0 Å². The van der Waals surface area contributed by atoms with Gasteiger partial charge in [-0.1, -0.05) is 188 Å². The van der Waals surface area contributed by atoms with Gasteiger partial charge in [-0.3, -0.25) is 0 Å². The van der Waals surface area contributed by atoms with Gasteiger partial charge in [-0.15, -0.1) is 11.3 Å². The lowest BCUT2D eigenvalue weighted by Gasteiger charge is -2.29. The molecule has 63 heavy (non-hydrogen) atoms. The third-order valence-corrected chi connectivity index (χ3v) is 13.7. The summed E-state index contributed by atoms with van der Waals surface area (Å²) >= 11 is 1.86. The van der Waals surface area contributed by atoms with Crippen LogP contribution < -0.4 is 4.90 Å². The second-order valence-electron chi connectivity index (χ2n) is 16.0. The van der Waals surface area contributed by atoms with Gasteiger partial charge in [-0.25, -0.2) is 0 Å². The number of anilines is 3. The molecule has 0 amide bonds. The Morgan fingerprint density at radius 1 is 0.302 bits per heavy atom. The molecule has 0 unspecified atom stereocenters. The topological polar surface area (TPSA) is 8.17 Å². The molecule has 12 rings (SSSR count). The van der Waals surface area contributed by atoms with Gasteiger partial charge in [0.25, 0.3) is 0 Å². The second kappa shape index (κ2) is 15.5. The number of rotatable bonds is 8. The van der Waals surface area contributed by atoms with Crippen LogP contribution in [0.15, 0.2) is 243 Å². The largest absolute Gasteiger partial charge is 0.309 e. The van der Waals surface area contributed by atoms with Crippen LogP contribution in [-0.2, 0) is 0 Å². The lowest BCUT2D eigenvalue weighted by atomic mass is 9.88. The summed E-state index contributed by atoms with van der Waals surface area (Å²) in [6.07, 6.45) is 0. The maximum absolute atomic E-state index is 2.47. The van der Waals surface area contributed by atoms with E-state index in [0.29, 0.717) is 0 Å². The molecule has 0 aliphatic rings. The molecule has 2 aromatic heterocycles. The standard InChI is InChI=1S/C60H40N2S/c1-2-17-43(18-3-1)46-19-4-5-20-47(46)48-21-6-7-22-49(48)50-23-8-12-28-55(50)62(58-31-16-27-54-53-26-11-15-32-59(53)63-60(54)58)45-39-35-42(36-40-45)41-33-37-44(38-34-41)61-56-29-13-9-24-51(56)52-25-10-14-30-57(52)61/h1-40H. The van der Waals surface area contributed by atoms with Gasteiger partial charge < -0.3 is 9.47 Å². The average Bonchev–Trinajstić information content (AvgIpc) is 3.91. The zero-order chi connectivity index (χ0) is 41.7. The minimum absolute atomic E-state index is 1.10. The molecule has 12 aromatic rings. The number of nitrogens with zero attached hydrogens (tertiary/aromatic N) is 2. The highest BCUT2D eigenvalue weighted by Gasteiger charge is 2.23. The van der Waals surface area contributed by atoms with Crippen LogP contribution in [-0.4, -0.2) is 4.57 Å². The van der Waals surface area contributed by atoms with Crippen molar-refractivity contribution < 1.29 is 0 Å². The van der Waals surface area contributed by atoms with Crippen LogP contribution >= 0.6 is 11.3 Å². The van der Waals surface area contributed by atoms with E-state index in [-0.39, 0.29) is 0 Å². The Hall–Kier alpha value is -7.98. The fourth-order valence-corrected chi connectivity index (χ4v) is 10.8. The van der Waals surface area contributed by atoms with E-state index in [1.807, 2.05) is 11.3 Å². The molecule has 0 atom stereocenters. The number of benzene rings is 10. The number of hydrogen-bond acceptors (Lipinski definition) is 2. The minimum atomic E-state index is 1.10. The lowest BCUT2D eigenvalue weighted by molar-refractivity contribution is 1.18. The SMILES string of the molecule is c1ccc(-c2ccccc2-c2ccccc2-c2ccccc2N(c2ccc(-c3ccc(-n4c5ccccc5c5ccccc54)cc3)cc2)c2cccc3c2sc2ccccc23)cc1. The molecule has 0 radical (unpaired) electrons. The number of fused-ring (bicyclic) bond motifs is 6. The van der Waals surface area contributed by atoms with Gasteiger partial charge in [0.2, 0.25) is 0 Å². The highest BCUT2D eigenvalue weighted by atomic mass is 32.1. The molecule has 0 saturated carbocycles. The van der Waals surface area contributed by atoms with Gasteiger partial charge in [0.05, 0.1) is 27.1 Å². The van der Waals surface area contributed by atoms with Crippen molar-refractivity contribution in [2.75, 3.05) is 4.90 Å². The molecule has 10 aromatic carbocycles. The summed E-state index contributed by atoms with van der Waals surface area (Å²) in [5, 5.41) is 5.10. The van der Waals surface area contributed by atoms with E-state index in [0.717, 1.165) is 22.7 Å². The first-order valence-corrected chi connectivity index (χ1v) is 22.3. The fraction of sp³-hybridized carbons (Fsp3) is 0. The molecule has 2 heterocycles. The van der Waals surface area contributed by atoms with Gasteiger partial charge >= 0.3 is 0 Å². The van der Waals surface area contributed by atoms with Crippen molar-refractivity contribution >= 4 is 70.4 Å². The number of aromatic nitrogens is 1. The van der Waals surface area contributed by atoms with Crippen molar-refractivity contribution in [2.45, 2.75) is 0 Å². The molecule has 296 valence electrons. The van der Waals surface area contributed by atoms with Crippen molar-refractivity contribution in [3.05, 3.63) is 243 Å². The molecular weight excluding hydrogens is 781 g/mol. The Morgan fingerprint density at radius 3 is 1.46 bits per heavy atom. The highest BCUT2D eigenvalue weighted by molar-refractivity contribution is 7.26. The van der Waals surface area contributed by atoms with Crippen molar-refractivity contribution in [3.8, 4) is 50.2 Å². The van der Waals surface area contributed by atoms with Crippen molar-refractivity contribution in [1.82, 2.24) is 4.57 Å². The van der Waals surface area contributed by atoms with E-state index in [1.165, 1.54) is 86.5 Å². The molecule has 0 fully saturated rings. The number of thiophene rings is 1. The summed E-state index contributed by atoms with van der Waals surface area (Å²) in [7, 11) is 0. The minimum Gasteiger partial charge on any atom is -0.309 e. The molecule has 3 heteroatoms. The molecule has 0 aliphatic heterocycles. The Balaban J connectivity index is 0.995. The molecule has 0 aliphatic carbocycles. The molecule has 0 spiro atoms. The van der Waals surface area contributed by atoms with Crippen LogP contribution in [0, 0.1) is 0 Å². The fourth-order valence-electron chi connectivity index (χ4n) is 9.56. The van der Waals surface area contributed by atoms with Crippen molar-refractivity contribution in [2.24, 2.45) is 0 Å². The average molecular weight is 821 g/mol. The van der Waals surface area contributed by atoms with Gasteiger partial charge in [0.15, 0.2) is 0 Å². The summed E-state index contributed by atoms with van der Waals surface area (Å²) in [5.41, 5.74) is 16.5. The predicted molar refractivity (Wildman–Crippen MR) is 270 cm³/mol. The first-order chi connectivity index (χ1) is 31.3. The molecular formula is C60H40N2S. The third kappa shape index (κ3) is 6.33. The van der Waals surface area contributed by atoms with Crippen molar-refractivity contribution in [3.63, 3.8) is 0 Å². The van der Waals surface area contributed by atoms with Gasteiger partial charge in [0, 0.05) is 43.2 Å². The number of hydrogen-bond donors (Lipinski definition) is 0.